The fraction of sp³-hybridized carbons (Fsp3) is 0.0714. The molecule has 0 aliphatic rings. The van der Waals surface area contributed by atoms with Crippen LogP contribution in [0.5, 0.6) is 5.75 Å². The van der Waals surface area contributed by atoms with Gasteiger partial charge in [0.2, 0.25) is 5.91 Å². The lowest BCUT2D eigenvalue weighted by Crippen LogP contribution is -2.08. The number of aromatic nitrogens is 2. The maximum Gasteiger partial charge on any atom is 0.222 e. The number of nitrogens with one attached hydrogen (secondary N) is 2. The molecule has 0 saturated carbocycles. The lowest BCUT2D eigenvalue weighted by atomic mass is 10.1. The topological polar surface area (TPSA) is 87.1 Å². The second kappa shape index (κ2) is 5.37. The average molecular weight is 300 g/mol. The predicted molar refractivity (Wildman–Crippen MR) is 83.1 cm³/mol. The molecule has 6 nitrogen and oxygen atoms in total. The van der Waals surface area contributed by atoms with Crippen molar-refractivity contribution >= 4 is 44.8 Å². The molecule has 0 fully saturated rings. The highest BCUT2D eigenvalue weighted by atomic mass is 32.1. The third-order valence-corrected chi connectivity index (χ3v) is 3.48. The number of aromatic hydroxyl groups is 1. The summed E-state index contributed by atoms with van der Waals surface area (Å²) in [4.78, 5) is 19.7. The molecular formula is C14H12N4O2S. The number of rotatable bonds is 3. The van der Waals surface area contributed by atoms with Crippen molar-refractivity contribution in [3.05, 3.63) is 35.8 Å². The van der Waals surface area contributed by atoms with Crippen molar-refractivity contribution in [3.8, 4) is 5.75 Å². The maximum absolute atomic E-state index is 11.2. The van der Waals surface area contributed by atoms with Gasteiger partial charge in [-0.25, -0.2) is 9.97 Å². The first kappa shape index (κ1) is 13.3. The van der Waals surface area contributed by atoms with Gasteiger partial charge in [-0.1, -0.05) is 12.1 Å². The standard InChI is InChI=1S/C14H12N4O2S/c1-8(19)16-12-7-10(17-14-15-5-6-21-14)9-3-2-4-11(20)13(9)18-12/h2-7,20H,1H3,(H2,15,16,17,18,19). The smallest absolute Gasteiger partial charge is 0.222 e. The van der Waals surface area contributed by atoms with Gasteiger partial charge >= 0.3 is 0 Å². The van der Waals surface area contributed by atoms with Crippen molar-refractivity contribution in [2.75, 3.05) is 10.6 Å². The van der Waals surface area contributed by atoms with E-state index in [1.807, 2.05) is 11.4 Å². The molecule has 0 radical (unpaired) electrons. The van der Waals surface area contributed by atoms with Crippen LogP contribution in [0.3, 0.4) is 0 Å². The average Bonchev–Trinajstić information content (AvgIpc) is 2.92. The zero-order valence-corrected chi connectivity index (χ0v) is 11.9. The Bertz CT molecular complexity index is 802. The van der Waals surface area contributed by atoms with Crippen LogP contribution in [0.15, 0.2) is 35.8 Å². The van der Waals surface area contributed by atoms with Gasteiger partial charge < -0.3 is 15.7 Å². The molecule has 0 saturated heterocycles. The van der Waals surface area contributed by atoms with E-state index in [2.05, 4.69) is 20.6 Å². The van der Waals surface area contributed by atoms with Crippen molar-refractivity contribution in [2.45, 2.75) is 6.92 Å². The van der Waals surface area contributed by atoms with E-state index in [0.717, 1.165) is 16.2 Å². The summed E-state index contributed by atoms with van der Waals surface area (Å²) in [6.07, 6.45) is 1.70. The predicted octanol–water partition coefficient (Wildman–Crippen LogP) is 3.10. The van der Waals surface area contributed by atoms with E-state index in [1.54, 1.807) is 24.4 Å². The molecule has 2 heterocycles. The molecule has 21 heavy (non-hydrogen) atoms. The highest BCUT2D eigenvalue weighted by Gasteiger charge is 2.10. The number of carbonyl (C=O) groups excluding carboxylic acids is 1. The molecule has 1 aromatic carbocycles. The van der Waals surface area contributed by atoms with Crippen molar-refractivity contribution < 1.29 is 9.90 Å². The van der Waals surface area contributed by atoms with Crippen LogP contribution in [-0.4, -0.2) is 21.0 Å². The molecule has 1 amide bonds. The number of benzene rings is 1. The van der Waals surface area contributed by atoms with Gasteiger partial charge in [0.05, 0.1) is 5.69 Å². The molecule has 0 spiro atoms. The highest BCUT2D eigenvalue weighted by Crippen LogP contribution is 2.32. The van der Waals surface area contributed by atoms with E-state index in [0.29, 0.717) is 11.3 Å². The Morgan fingerprint density at radius 1 is 1.38 bits per heavy atom. The quantitative estimate of drug-likeness (QED) is 0.692. The first-order chi connectivity index (χ1) is 10.1. The molecule has 3 rings (SSSR count). The van der Waals surface area contributed by atoms with Crippen molar-refractivity contribution in [2.24, 2.45) is 0 Å². The normalized spacial score (nSPS) is 10.5. The number of phenols is 1. The summed E-state index contributed by atoms with van der Waals surface area (Å²) < 4.78 is 0. The SMILES string of the molecule is CC(=O)Nc1cc(Nc2nccs2)c2cccc(O)c2n1. The van der Waals surface area contributed by atoms with E-state index in [9.17, 15) is 9.90 Å². The van der Waals surface area contributed by atoms with E-state index in [1.165, 1.54) is 18.3 Å². The minimum atomic E-state index is -0.225. The highest BCUT2D eigenvalue weighted by molar-refractivity contribution is 7.13. The molecule has 0 atom stereocenters. The number of para-hydroxylation sites is 1. The number of pyridine rings is 1. The number of hydrogen-bond donors (Lipinski definition) is 3. The van der Waals surface area contributed by atoms with Crippen LogP contribution >= 0.6 is 11.3 Å². The fourth-order valence-electron chi connectivity index (χ4n) is 1.98. The molecule has 0 aliphatic carbocycles. The van der Waals surface area contributed by atoms with Crippen molar-refractivity contribution in [1.29, 1.82) is 0 Å². The van der Waals surface area contributed by atoms with Gasteiger partial charge in [0, 0.05) is 30.0 Å². The summed E-state index contributed by atoms with van der Waals surface area (Å²) in [7, 11) is 0. The van der Waals surface area contributed by atoms with E-state index in [4.69, 9.17) is 0 Å². The number of thiazole rings is 1. The molecule has 106 valence electrons. The number of fused-ring (bicyclic) bond motifs is 1. The molecule has 3 N–H and O–H groups in total. The van der Waals surface area contributed by atoms with E-state index < -0.39 is 0 Å². The van der Waals surface area contributed by atoms with Crippen LogP contribution in [0.1, 0.15) is 6.92 Å². The second-order valence-electron chi connectivity index (χ2n) is 4.37. The molecule has 2 aromatic heterocycles. The molecule has 0 unspecified atom stereocenters. The molecular weight excluding hydrogens is 288 g/mol. The van der Waals surface area contributed by atoms with Gasteiger partial charge in [-0.2, -0.15) is 0 Å². The monoisotopic (exact) mass is 300 g/mol. The van der Waals surface area contributed by atoms with Gasteiger partial charge in [-0.3, -0.25) is 4.79 Å². The van der Waals surface area contributed by atoms with Crippen LogP contribution < -0.4 is 10.6 Å². The fourth-order valence-corrected chi connectivity index (χ4v) is 2.52. The van der Waals surface area contributed by atoms with Gasteiger partial charge in [-0.15, -0.1) is 11.3 Å². The van der Waals surface area contributed by atoms with Crippen LogP contribution in [0.2, 0.25) is 0 Å². The van der Waals surface area contributed by atoms with Crippen molar-refractivity contribution in [3.63, 3.8) is 0 Å². The summed E-state index contributed by atoms with van der Waals surface area (Å²) in [5, 5.41) is 19.1. The van der Waals surface area contributed by atoms with Crippen LogP contribution in [0.4, 0.5) is 16.6 Å². The van der Waals surface area contributed by atoms with Crippen LogP contribution in [0.25, 0.3) is 10.9 Å². The summed E-state index contributed by atoms with van der Waals surface area (Å²) in [6, 6.07) is 6.85. The summed E-state index contributed by atoms with van der Waals surface area (Å²) in [5.41, 5.74) is 1.14. The first-order valence-corrected chi connectivity index (χ1v) is 7.08. The summed E-state index contributed by atoms with van der Waals surface area (Å²) in [6.45, 7) is 1.41. The Morgan fingerprint density at radius 3 is 2.95 bits per heavy atom. The Morgan fingerprint density at radius 2 is 2.24 bits per heavy atom. The number of phenolic OH excluding ortho intramolecular Hbond substituents is 1. The van der Waals surface area contributed by atoms with E-state index >= 15 is 0 Å². The number of nitrogens with zero attached hydrogens (tertiary/aromatic N) is 2. The zero-order chi connectivity index (χ0) is 14.8. The number of anilines is 3. The minimum absolute atomic E-state index is 0.0573. The zero-order valence-electron chi connectivity index (χ0n) is 11.1. The lowest BCUT2D eigenvalue weighted by molar-refractivity contribution is -0.114. The molecule has 0 bridgehead atoms. The Hall–Kier alpha value is -2.67. The maximum atomic E-state index is 11.2. The summed E-state index contributed by atoms with van der Waals surface area (Å²) in [5.74, 6) is 0.204. The third kappa shape index (κ3) is 2.77. The van der Waals surface area contributed by atoms with Crippen molar-refractivity contribution in [1.82, 2.24) is 9.97 Å². The van der Waals surface area contributed by atoms with Gasteiger partial charge in [0.25, 0.3) is 0 Å². The number of hydrogen-bond acceptors (Lipinski definition) is 6. The first-order valence-electron chi connectivity index (χ1n) is 6.20. The molecule has 0 aliphatic heterocycles. The molecule has 3 aromatic rings. The van der Waals surface area contributed by atoms with E-state index in [-0.39, 0.29) is 11.7 Å². The minimum Gasteiger partial charge on any atom is -0.506 e. The van der Waals surface area contributed by atoms with Crippen LogP contribution in [-0.2, 0) is 4.79 Å². The molecule has 7 heteroatoms. The third-order valence-electron chi connectivity index (χ3n) is 2.80. The van der Waals surface area contributed by atoms with Crippen LogP contribution in [0, 0.1) is 0 Å². The van der Waals surface area contributed by atoms with Gasteiger partial charge in [-0.05, 0) is 6.07 Å². The Kier molecular flexibility index (Phi) is 3.41. The summed E-state index contributed by atoms with van der Waals surface area (Å²) >= 11 is 1.46. The van der Waals surface area contributed by atoms with Gasteiger partial charge in [0.1, 0.15) is 17.1 Å². The Balaban J connectivity index is 2.15. The Labute approximate surface area is 124 Å². The lowest BCUT2D eigenvalue weighted by Gasteiger charge is -2.11. The number of carbonyl (C=O) groups is 1. The number of amides is 1. The second-order valence-corrected chi connectivity index (χ2v) is 5.27. The van der Waals surface area contributed by atoms with Gasteiger partial charge in [0.15, 0.2) is 5.13 Å². The largest absolute Gasteiger partial charge is 0.506 e.